The molecular weight excluding hydrogens is 254 g/mol. The van der Waals surface area contributed by atoms with E-state index in [1.54, 1.807) is 0 Å². The number of rotatable bonds is 6. The maximum absolute atomic E-state index is 9.56. The van der Waals surface area contributed by atoms with Crippen LogP contribution in [0.1, 0.15) is 43.0 Å². The van der Waals surface area contributed by atoms with E-state index in [1.165, 1.54) is 18.4 Å². The zero-order valence-electron chi connectivity index (χ0n) is 12.2. The lowest BCUT2D eigenvalue weighted by Crippen LogP contribution is -2.45. The molecule has 1 heterocycles. The summed E-state index contributed by atoms with van der Waals surface area (Å²) in [5.41, 5.74) is 8.45. The van der Waals surface area contributed by atoms with Crippen LogP contribution in [0.5, 0.6) is 0 Å². The van der Waals surface area contributed by atoms with E-state index in [1.807, 2.05) is 6.92 Å². The maximum atomic E-state index is 9.56. The number of fused-ring (bicyclic) bond motifs is 1. The molecule has 5 nitrogen and oxygen atoms in total. The highest BCUT2D eigenvalue weighted by Gasteiger charge is 2.28. The summed E-state index contributed by atoms with van der Waals surface area (Å²) in [7, 11) is 0. The minimum absolute atomic E-state index is 0.136. The predicted molar refractivity (Wildman–Crippen MR) is 79.6 cm³/mol. The van der Waals surface area contributed by atoms with E-state index in [9.17, 15) is 10.2 Å². The first kappa shape index (κ1) is 15.2. The molecular formula is C15H25N3O2. The number of aromatic nitrogens is 1. The molecule has 0 unspecified atom stereocenters. The van der Waals surface area contributed by atoms with Gasteiger partial charge in [-0.1, -0.05) is 6.92 Å². The molecule has 112 valence electrons. The monoisotopic (exact) mass is 279 g/mol. The third kappa shape index (κ3) is 2.95. The first-order chi connectivity index (χ1) is 9.68. The normalized spacial score (nSPS) is 15.0. The minimum Gasteiger partial charge on any atom is -0.394 e. The summed E-state index contributed by atoms with van der Waals surface area (Å²) in [4.78, 5) is 4.70. The van der Waals surface area contributed by atoms with Crippen molar-refractivity contribution in [3.05, 3.63) is 22.9 Å². The van der Waals surface area contributed by atoms with Gasteiger partial charge in [0.1, 0.15) is 5.82 Å². The molecule has 20 heavy (non-hydrogen) atoms. The minimum atomic E-state index is -0.736. The van der Waals surface area contributed by atoms with Crippen molar-refractivity contribution in [3.63, 3.8) is 0 Å². The van der Waals surface area contributed by atoms with Crippen molar-refractivity contribution >= 4 is 5.82 Å². The lowest BCUT2D eigenvalue weighted by atomic mass is 9.93. The zero-order valence-corrected chi connectivity index (χ0v) is 12.2. The van der Waals surface area contributed by atoms with E-state index < -0.39 is 5.54 Å². The zero-order chi connectivity index (χ0) is 14.6. The van der Waals surface area contributed by atoms with Gasteiger partial charge >= 0.3 is 0 Å². The number of aliphatic hydroxyl groups is 2. The molecule has 1 aliphatic carbocycles. The molecule has 0 aliphatic heterocycles. The van der Waals surface area contributed by atoms with E-state index >= 15 is 0 Å². The van der Waals surface area contributed by atoms with Gasteiger partial charge in [-0.05, 0) is 43.7 Å². The highest BCUT2D eigenvalue weighted by Crippen LogP contribution is 2.27. The Hall–Kier alpha value is -1.17. The standard InChI is InChI=1S/C15H25N3O2/c1-2-15(9-19,10-20)18-14-12(8-16)7-11-5-3-4-6-13(11)17-14/h7,19-20H,2-6,8-10,16H2,1H3,(H,17,18). The van der Waals surface area contributed by atoms with Crippen LogP contribution in [0, 0.1) is 0 Å². The first-order valence-corrected chi connectivity index (χ1v) is 7.39. The van der Waals surface area contributed by atoms with Gasteiger partial charge < -0.3 is 21.3 Å². The van der Waals surface area contributed by atoms with Crippen LogP contribution in [0.4, 0.5) is 5.82 Å². The van der Waals surface area contributed by atoms with Gasteiger partial charge in [0.15, 0.2) is 0 Å². The lowest BCUT2D eigenvalue weighted by Gasteiger charge is -2.32. The molecule has 0 spiro atoms. The lowest BCUT2D eigenvalue weighted by molar-refractivity contribution is 0.132. The molecule has 1 aromatic heterocycles. The van der Waals surface area contributed by atoms with Crippen molar-refractivity contribution in [2.45, 2.75) is 51.1 Å². The number of hydrogen-bond donors (Lipinski definition) is 4. The predicted octanol–water partition coefficient (Wildman–Crippen LogP) is 0.964. The van der Waals surface area contributed by atoms with E-state index in [-0.39, 0.29) is 13.2 Å². The van der Waals surface area contributed by atoms with Gasteiger partial charge in [-0.25, -0.2) is 4.98 Å². The van der Waals surface area contributed by atoms with Crippen LogP contribution < -0.4 is 11.1 Å². The molecule has 0 aromatic carbocycles. The fourth-order valence-corrected chi connectivity index (χ4v) is 2.64. The summed E-state index contributed by atoms with van der Waals surface area (Å²) in [6.07, 6.45) is 5.04. The summed E-state index contributed by atoms with van der Waals surface area (Å²) >= 11 is 0. The Morgan fingerprint density at radius 2 is 2.00 bits per heavy atom. The van der Waals surface area contributed by atoms with Crippen LogP contribution in [0.3, 0.4) is 0 Å². The van der Waals surface area contributed by atoms with Crippen LogP contribution >= 0.6 is 0 Å². The van der Waals surface area contributed by atoms with Crippen molar-refractivity contribution in [2.24, 2.45) is 5.73 Å². The second kappa shape index (κ2) is 6.52. The van der Waals surface area contributed by atoms with Crippen LogP contribution in [0.25, 0.3) is 0 Å². The van der Waals surface area contributed by atoms with Gasteiger partial charge in [-0.3, -0.25) is 0 Å². The Kier molecular flexibility index (Phi) is 4.96. The molecule has 0 saturated carbocycles. The third-order valence-electron chi connectivity index (χ3n) is 4.27. The van der Waals surface area contributed by atoms with Gasteiger partial charge in [0.25, 0.3) is 0 Å². The molecule has 0 fully saturated rings. The molecule has 1 aromatic rings. The number of hydrogen-bond acceptors (Lipinski definition) is 5. The second-order valence-electron chi connectivity index (χ2n) is 5.59. The molecule has 0 amide bonds. The fourth-order valence-electron chi connectivity index (χ4n) is 2.64. The van der Waals surface area contributed by atoms with Crippen LogP contribution in [0.2, 0.25) is 0 Å². The van der Waals surface area contributed by atoms with Gasteiger partial charge in [0, 0.05) is 17.8 Å². The smallest absolute Gasteiger partial charge is 0.131 e. The van der Waals surface area contributed by atoms with Gasteiger partial charge in [0.05, 0.1) is 18.8 Å². The second-order valence-corrected chi connectivity index (χ2v) is 5.59. The summed E-state index contributed by atoms with van der Waals surface area (Å²) in [6.45, 7) is 2.06. The number of pyridine rings is 1. The molecule has 1 aliphatic rings. The largest absolute Gasteiger partial charge is 0.394 e. The number of aliphatic hydroxyl groups excluding tert-OH is 2. The van der Waals surface area contributed by atoms with Crippen molar-refractivity contribution in [1.82, 2.24) is 4.98 Å². The fraction of sp³-hybridized carbons (Fsp3) is 0.667. The summed E-state index contributed by atoms with van der Waals surface area (Å²) in [6, 6.07) is 2.12. The summed E-state index contributed by atoms with van der Waals surface area (Å²) < 4.78 is 0. The van der Waals surface area contributed by atoms with Crippen LogP contribution in [-0.4, -0.2) is 33.9 Å². The maximum Gasteiger partial charge on any atom is 0.131 e. The van der Waals surface area contributed by atoms with Gasteiger partial charge in [0.2, 0.25) is 0 Å². The number of anilines is 1. The topological polar surface area (TPSA) is 91.4 Å². The number of aryl methyl sites for hydroxylation is 2. The van der Waals surface area contributed by atoms with E-state index in [4.69, 9.17) is 10.7 Å². The molecule has 0 saturated heterocycles. The third-order valence-corrected chi connectivity index (χ3v) is 4.27. The Labute approximate surface area is 120 Å². The molecule has 2 rings (SSSR count). The van der Waals surface area contributed by atoms with E-state index in [2.05, 4.69) is 11.4 Å². The van der Waals surface area contributed by atoms with Gasteiger partial charge in [-0.15, -0.1) is 0 Å². The molecule has 5 heteroatoms. The van der Waals surface area contributed by atoms with E-state index in [0.29, 0.717) is 18.8 Å². The quantitative estimate of drug-likeness (QED) is 0.623. The highest BCUT2D eigenvalue weighted by molar-refractivity contribution is 5.50. The molecule has 5 N–H and O–H groups in total. The number of nitrogens with two attached hydrogens (primary N) is 1. The average molecular weight is 279 g/mol. The van der Waals surface area contributed by atoms with Crippen molar-refractivity contribution < 1.29 is 10.2 Å². The Morgan fingerprint density at radius 1 is 1.30 bits per heavy atom. The van der Waals surface area contributed by atoms with Crippen molar-refractivity contribution in [2.75, 3.05) is 18.5 Å². The van der Waals surface area contributed by atoms with Gasteiger partial charge in [-0.2, -0.15) is 0 Å². The van der Waals surface area contributed by atoms with E-state index in [0.717, 1.165) is 24.1 Å². The Balaban J connectivity index is 2.35. The van der Waals surface area contributed by atoms with Crippen molar-refractivity contribution in [1.29, 1.82) is 0 Å². The Bertz CT molecular complexity index is 450. The number of nitrogens with one attached hydrogen (secondary N) is 1. The van der Waals surface area contributed by atoms with Crippen LogP contribution in [-0.2, 0) is 19.4 Å². The first-order valence-electron chi connectivity index (χ1n) is 7.39. The molecule has 0 atom stereocenters. The Morgan fingerprint density at radius 3 is 2.60 bits per heavy atom. The summed E-state index contributed by atoms with van der Waals surface area (Å²) in [5.74, 6) is 0.707. The van der Waals surface area contributed by atoms with Crippen molar-refractivity contribution in [3.8, 4) is 0 Å². The number of nitrogens with zero attached hydrogens (tertiary/aromatic N) is 1. The highest BCUT2D eigenvalue weighted by atomic mass is 16.3. The average Bonchev–Trinajstić information content (AvgIpc) is 2.52. The summed E-state index contributed by atoms with van der Waals surface area (Å²) in [5, 5.41) is 22.3. The van der Waals surface area contributed by atoms with Crippen LogP contribution in [0.15, 0.2) is 6.07 Å². The molecule has 0 radical (unpaired) electrons. The SMILES string of the molecule is CCC(CO)(CO)Nc1nc2c(cc1CN)CCCC2. The molecule has 0 bridgehead atoms.